The summed E-state index contributed by atoms with van der Waals surface area (Å²) in [5.74, 6) is -0.466. The molecule has 2 aromatic carbocycles. The summed E-state index contributed by atoms with van der Waals surface area (Å²) < 4.78 is 10.5. The van der Waals surface area contributed by atoms with Crippen LogP contribution in [0.25, 0.3) is 0 Å². The minimum atomic E-state index is -1.01. The topological polar surface area (TPSA) is 64.6 Å². The Morgan fingerprint density at radius 3 is 2.44 bits per heavy atom. The number of benzene rings is 2. The van der Waals surface area contributed by atoms with E-state index in [4.69, 9.17) is 32.7 Å². The predicted octanol–water partition coefficient (Wildman–Crippen LogP) is 4.58. The zero-order chi connectivity index (χ0) is 18.4. The van der Waals surface area contributed by atoms with Crippen LogP contribution in [0.3, 0.4) is 0 Å². The normalized spacial score (nSPS) is 11.5. The standard InChI is InChI=1S/C18H17Cl2NO4/c1-3-24-14-7-4-12(5-8-14)18(23)25-11(2)17(22)21-16-10-13(19)6-9-15(16)20/h4-11H,3H2,1-2H3,(H,21,22). The number of hydrogen-bond acceptors (Lipinski definition) is 4. The second kappa shape index (κ2) is 8.74. The molecule has 0 saturated carbocycles. The van der Waals surface area contributed by atoms with E-state index in [9.17, 15) is 9.59 Å². The molecule has 0 aliphatic heterocycles. The van der Waals surface area contributed by atoms with E-state index in [0.29, 0.717) is 33.7 Å². The molecule has 0 heterocycles. The second-order valence-corrected chi connectivity index (χ2v) is 5.96. The van der Waals surface area contributed by atoms with E-state index >= 15 is 0 Å². The van der Waals surface area contributed by atoms with Crippen molar-refractivity contribution in [3.8, 4) is 5.75 Å². The Kier molecular flexibility index (Phi) is 6.67. The van der Waals surface area contributed by atoms with Crippen LogP contribution in [0.2, 0.25) is 10.0 Å². The molecule has 0 radical (unpaired) electrons. The van der Waals surface area contributed by atoms with Crippen LogP contribution in [-0.4, -0.2) is 24.6 Å². The number of nitrogens with one attached hydrogen (secondary N) is 1. The molecule has 1 unspecified atom stereocenters. The molecule has 0 aromatic heterocycles. The molecule has 132 valence electrons. The van der Waals surface area contributed by atoms with Gasteiger partial charge in [0.25, 0.3) is 5.91 Å². The Labute approximate surface area is 155 Å². The van der Waals surface area contributed by atoms with Crippen LogP contribution in [0.15, 0.2) is 42.5 Å². The summed E-state index contributed by atoms with van der Waals surface area (Å²) in [6.45, 7) is 3.88. The summed E-state index contributed by atoms with van der Waals surface area (Å²) >= 11 is 11.9. The van der Waals surface area contributed by atoms with Crippen LogP contribution in [0.5, 0.6) is 5.75 Å². The van der Waals surface area contributed by atoms with Gasteiger partial charge in [0.05, 0.1) is 22.9 Å². The minimum absolute atomic E-state index is 0.323. The van der Waals surface area contributed by atoms with E-state index in [-0.39, 0.29) is 0 Å². The molecule has 1 amide bonds. The molecule has 25 heavy (non-hydrogen) atoms. The Bertz CT molecular complexity index is 762. The first-order valence-electron chi connectivity index (χ1n) is 7.60. The zero-order valence-electron chi connectivity index (χ0n) is 13.7. The smallest absolute Gasteiger partial charge is 0.338 e. The van der Waals surface area contributed by atoms with Crippen molar-refractivity contribution < 1.29 is 19.1 Å². The fourth-order valence-electron chi connectivity index (χ4n) is 1.96. The molecule has 0 aliphatic carbocycles. The van der Waals surface area contributed by atoms with Gasteiger partial charge < -0.3 is 14.8 Å². The lowest BCUT2D eigenvalue weighted by Gasteiger charge is -2.14. The van der Waals surface area contributed by atoms with E-state index in [1.54, 1.807) is 36.4 Å². The molecule has 7 heteroatoms. The van der Waals surface area contributed by atoms with Gasteiger partial charge in [-0.05, 0) is 56.3 Å². The molecule has 1 atom stereocenters. The van der Waals surface area contributed by atoms with E-state index < -0.39 is 18.0 Å². The first kappa shape index (κ1) is 19.1. The molecule has 0 bridgehead atoms. The van der Waals surface area contributed by atoms with Crippen molar-refractivity contribution in [2.45, 2.75) is 20.0 Å². The number of hydrogen-bond donors (Lipinski definition) is 1. The molecule has 2 aromatic rings. The molecule has 2 rings (SSSR count). The summed E-state index contributed by atoms with van der Waals surface area (Å²) in [5, 5.41) is 3.35. The summed E-state index contributed by atoms with van der Waals surface area (Å²) in [6.07, 6.45) is -1.01. The van der Waals surface area contributed by atoms with Gasteiger partial charge in [0, 0.05) is 5.02 Å². The Morgan fingerprint density at radius 1 is 1.12 bits per heavy atom. The maximum absolute atomic E-state index is 12.2. The minimum Gasteiger partial charge on any atom is -0.494 e. The molecule has 0 saturated heterocycles. The van der Waals surface area contributed by atoms with Crippen molar-refractivity contribution in [2.75, 3.05) is 11.9 Å². The highest BCUT2D eigenvalue weighted by Gasteiger charge is 2.20. The van der Waals surface area contributed by atoms with Gasteiger partial charge in [0.15, 0.2) is 6.10 Å². The SMILES string of the molecule is CCOc1ccc(C(=O)OC(C)C(=O)Nc2cc(Cl)ccc2Cl)cc1. The number of halogens is 2. The number of anilines is 1. The fraction of sp³-hybridized carbons (Fsp3) is 0.222. The van der Waals surface area contributed by atoms with Gasteiger partial charge in [-0.25, -0.2) is 4.79 Å². The lowest BCUT2D eigenvalue weighted by molar-refractivity contribution is -0.123. The number of carbonyl (C=O) groups excluding carboxylic acids is 2. The van der Waals surface area contributed by atoms with Gasteiger partial charge in [0.2, 0.25) is 0 Å². The molecule has 0 aliphatic rings. The van der Waals surface area contributed by atoms with Crippen molar-refractivity contribution in [3.05, 3.63) is 58.1 Å². The molecule has 1 N–H and O–H groups in total. The monoisotopic (exact) mass is 381 g/mol. The highest BCUT2D eigenvalue weighted by molar-refractivity contribution is 6.35. The first-order chi connectivity index (χ1) is 11.9. The van der Waals surface area contributed by atoms with Crippen molar-refractivity contribution in [3.63, 3.8) is 0 Å². The summed E-state index contributed by atoms with van der Waals surface area (Å²) in [4.78, 5) is 24.3. The van der Waals surface area contributed by atoms with E-state index in [1.165, 1.54) is 13.0 Å². The maximum Gasteiger partial charge on any atom is 0.338 e. The number of rotatable bonds is 6. The molecule has 0 spiro atoms. The first-order valence-corrected chi connectivity index (χ1v) is 8.36. The van der Waals surface area contributed by atoms with Crippen LogP contribution in [0.4, 0.5) is 5.69 Å². The van der Waals surface area contributed by atoms with Crippen LogP contribution in [0.1, 0.15) is 24.2 Å². The maximum atomic E-state index is 12.2. The van der Waals surface area contributed by atoms with Gasteiger partial charge in [-0.1, -0.05) is 23.2 Å². The van der Waals surface area contributed by atoms with Crippen LogP contribution in [-0.2, 0) is 9.53 Å². The van der Waals surface area contributed by atoms with E-state index in [1.807, 2.05) is 6.92 Å². The lowest BCUT2D eigenvalue weighted by atomic mass is 10.2. The van der Waals surface area contributed by atoms with E-state index in [2.05, 4.69) is 5.32 Å². The van der Waals surface area contributed by atoms with Crippen molar-refractivity contribution >= 4 is 40.8 Å². The van der Waals surface area contributed by atoms with Crippen molar-refractivity contribution in [1.82, 2.24) is 0 Å². The number of carbonyl (C=O) groups is 2. The highest BCUT2D eigenvalue weighted by Crippen LogP contribution is 2.25. The Hall–Kier alpha value is -2.24. The van der Waals surface area contributed by atoms with Crippen LogP contribution in [0, 0.1) is 0 Å². The zero-order valence-corrected chi connectivity index (χ0v) is 15.2. The quantitative estimate of drug-likeness (QED) is 0.743. The van der Waals surface area contributed by atoms with Crippen molar-refractivity contribution in [1.29, 1.82) is 0 Å². The van der Waals surface area contributed by atoms with Crippen molar-refractivity contribution in [2.24, 2.45) is 0 Å². The molecular weight excluding hydrogens is 365 g/mol. The number of amides is 1. The Balaban J connectivity index is 1.98. The summed E-state index contributed by atoms with van der Waals surface area (Å²) in [6, 6.07) is 11.2. The third-order valence-corrected chi connectivity index (χ3v) is 3.81. The third-order valence-electron chi connectivity index (χ3n) is 3.24. The van der Waals surface area contributed by atoms with Gasteiger partial charge in [0.1, 0.15) is 5.75 Å². The third kappa shape index (κ3) is 5.37. The average Bonchev–Trinajstić information content (AvgIpc) is 2.59. The predicted molar refractivity (Wildman–Crippen MR) is 97.6 cm³/mol. The molecule has 0 fully saturated rings. The molecule has 5 nitrogen and oxygen atoms in total. The van der Waals surface area contributed by atoms with Gasteiger partial charge in [-0.3, -0.25) is 4.79 Å². The fourth-order valence-corrected chi connectivity index (χ4v) is 2.30. The van der Waals surface area contributed by atoms with E-state index in [0.717, 1.165) is 0 Å². The average molecular weight is 382 g/mol. The number of ether oxygens (including phenoxy) is 2. The number of esters is 1. The summed E-state index contributed by atoms with van der Waals surface area (Å²) in [7, 11) is 0. The molecular formula is C18H17Cl2NO4. The van der Waals surface area contributed by atoms with Gasteiger partial charge >= 0.3 is 5.97 Å². The van der Waals surface area contributed by atoms with Crippen LogP contribution < -0.4 is 10.1 Å². The van der Waals surface area contributed by atoms with Crippen LogP contribution >= 0.6 is 23.2 Å². The summed E-state index contributed by atoms with van der Waals surface area (Å²) in [5.41, 5.74) is 0.673. The largest absolute Gasteiger partial charge is 0.494 e. The highest BCUT2D eigenvalue weighted by atomic mass is 35.5. The van der Waals surface area contributed by atoms with Gasteiger partial charge in [-0.15, -0.1) is 0 Å². The lowest BCUT2D eigenvalue weighted by Crippen LogP contribution is -2.30. The van der Waals surface area contributed by atoms with Gasteiger partial charge in [-0.2, -0.15) is 0 Å². The Morgan fingerprint density at radius 2 is 1.80 bits per heavy atom. The second-order valence-electron chi connectivity index (χ2n) is 5.12.